The van der Waals surface area contributed by atoms with E-state index in [-0.39, 0.29) is 12.0 Å². The summed E-state index contributed by atoms with van der Waals surface area (Å²) >= 11 is 5.59. The molecule has 0 heterocycles. The average molecular weight is 355 g/mol. The Balaban J connectivity index is 2.95. The summed E-state index contributed by atoms with van der Waals surface area (Å²) in [5.74, 6) is -0.670. The molecule has 0 unspecified atom stereocenters. The Labute approximate surface area is 138 Å². The molecule has 5 nitrogen and oxygen atoms in total. The Kier molecular flexibility index (Phi) is 9.00. The Morgan fingerprint density at radius 3 is 2.00 bits per heavy atom. The van der Waals surface area contributed by atoms with Crippen molar-refractivity contribution in [2.24, 2.45) is 0 Å². The molecule has 0 aromatic heterocycles. The predicted octanol–water partition coefficient (Wildman–Crippen LogP) is 4.52. The van der Waals surface area contributed by atoms with Gasteiger partial charge in [0.25, 0.3) is 0 Å². The molecule has 1 saturated carbocycles. The second-order valence-electron chi connectivity index (χ2n) is 5.66. The molecule has 1 aliphatic rings. The number of halogens is 1. The summed E-state index contributed by atoms with van der Waals surface area (Å²) in [6.45, 7) is 4.16. The minimum Gasteiger partial charge on any atom is -0.457 e. The van der Waals surface area contributed by atoms with Gasteiger partial charge in [0.05, 0.1) is 19.4 Å². The highest BCUT2D eigenvalue weighted by Crippen LogP contribution is 2.53. The summed E-state index contributed by atoms with van der Waals surface area (Å²) in [6.07, 6.45) is 6.72. The summed E-state index contributed by atoms with van der Waals surface area (Å²) in [5, 5.41) is 0. The van der Waals surface area contributed by atoms with Crippen LogP contribution in [0.3, 0.4) is 0 Å². The van der Waals surface area contributed by atoms with Crippen molar-refractivity contribution in [2.75, 3.05) is 25.3 Å². The van der Waals surface area contributed by atoms with E-state index in [9.17, 15) is 9.36 Å². The molecule has 0 atom stereocenters. The van der Waals surface area contributed by atoms with Crippen LogP contribution in [-0.2, 0) is 23.1 Å². The van der Waals surface area contributed by atoms with E-state index in [0.717, 1.165) is 25.7 Å². The molecule has 22 heavy (non-hydrogen) atoms. The van der Waals surface area contributed by atoms with Crippen molar-refractivity contribution in [2.45, 2.75) is 64.4 Å². The average Bonchev–Trinajstić information content (AvgIpc) is 2.43. The summed E-state index contributed by atoms with van der Waals surface area (Å²) in [6, 6.07) is 0. The van der Waals surface area contributed by atoms with Gasteiger partial charge in [-0.3, -0.25) is 9.36 Å². The van der Waals surface area contributed by atoms with E-state index in [1.165, 1.54) is 6.42 Å². The van der Waals surface area contributed by atoms with Gasteiger partial charge in [-0.2, -0.15) is 0 Å². The van der Waals surface area contributed by atoms with Crippen molar-refractivity contribution in [3.05, 3.63) is 0 Å². The Morgan fingerprint density at radius 1 is 1.05 bits per heavy atom. The minimum atomic E-state index is -3.27. The molecular weight excluding hydrogens is 327 g/mol. The largest absolute Gasteiger partial charge is 0.457 e. The normalized spacial score (nSPS) is 19.2. The van der Waals surface area contributed by atoms with Crippen LogP contribution >= 0.6 is 19.2 Å². The number of esters is 1. The molecule has 0 aromatic carbocycles. The van der Waals surface area contributed by atoms with Gasteiger partial charge in [-0.1, -0.05) is 19.3 Å². The summed E-state index contributed by atoms with van der Waals surface area (Å²) < 4.78 is 29.3. The lowest BCUT2D eigenvalue weighted by Gasteiger charge is -2.36. The number of carbonyl (C=O) groups excluding carboxylic acids is 1. The van der Waals surface area contributed by atoms with E-state index in [0.29, 0.717) is 26.1 Å². The predicted molar refractivity (Wildman–Crippen MR) is 87.6 cm³/mol. The van der Waals surface area contributed by atoms with Gasteiger partial charge in [0, 0.05) is 0 Å². The maximum absolute atomic E-state index is 12.9. The van der Waals surface area contributed by atoms with E-state index in [1.54, 1.807) is 13.8 Å². The van der Waals surface area contributed by atoms with Gasteiger partial charge in [0.2, 0.25) is 0 Å². The molecule has 1 aliphatic carbocycles. The molecule has 1 fully saturated rings. The molecule has 0 N–H and O–H groups in total. The van der Waals surface area contributed by atoms with E-state index in [4.69, 9.17) is 25.4 Å². The molecule has 0 aromatic rings. The van der Waals surface area contributed by atoms with Crippen LogP contribution in [-0.4, -0.2) is 36.8 Å². The Morgan fingerprint density at radius 2 is 1.55 bits per heavy atom. The molecule has 0 radical (unpaired) electrons. The van der Waals surface area contributed by atoms with Gasteiger partial charge in [0.15, 0.2) is 0 Å². The SMILES string of the molecule is CCOP(=O)(CC1(OC(=O)CCl)CCCCCCC1)OCC. The number of hydrogen-bond acceptors (Lipinski definition) is 5. The Bertz CT molecular complexity index is 370. The van der Waals surface area contributed by atoms with Crippen molar-refractivity contribution >= 4 is 25.2 Å². The molecule has 130 valence electrons. The molecule has 0 amide bonds. The topological polar surface area (TPSA) is 61.8 Å². The fraction of sp³-hybridized carbons (Fsp3) is 0.933. The van der Waals surface area contributed by atoms with Gasteiger partial charge in [-0.25, -0.2) is 0 Å². The van der Waals surface area contributed by atoms with Crippen LogP contribution in [0, 0.1) is 0 Å². The standard InChI is InChI=1S/C15H28ClO5P/c1-3-19-22(18,20-4-2)13-15(21-14(17)12-16)10-8-6-5-7-9-11-15/h3-13H2,1-2H3. The maximum atomic E-state index is 12.9. The third-order valence-corrected chi connectivity index (χ3v) is 6.32. The zero-order chi connectivity index (χ0) is 16.5. The number of carbonyl (C=O) groups is 1. The monoisotopic (exact) mass is 354 g/mol. The van der Waals surface area contributed by atoms with Crippen LogP contribution in [0.2, 0.25) is 0 Å². The number of ether oxygens (including phenoxy) is 1. The first kappa shape index (κ1) is 20.0. The minimum absolute atomic E-state index is 0.115. The van der Waals surface area contributed by atoms with Gasteiger partial charge in [0.1, 0.15) is 11.5 Å². The van der Waals surface area contributed by atoms with Crippen LogP contribution < -0.4 is 0 Å². The van der Waals surface area contributed by atoms with E-state index < -0.39 is 19.2 Å². The first-order chi connectivity index (χ1) is 10.5. The van der Waals surface area contributed by atoms with Gasteiger partial charge in [-0.15, -0.1) is 11.6 Å². The van der Waals surface area contributed by atoms with E-state index in [2.05, 4.69) is 0 Å². The van der Waals surface area contributed by atoms with Gasteiger partial charge >= 0.3 is 13.6 Å². The lowest BCUT2D eigenvalue weighted by atomic mass is 9.88. The van der Waals surface area contributed by atoms with Crippen molar-refractivity contribution < 1.29 is 23.1 Å². The number of hydrogen-bond donors (Lipinski definition) is 0. The summed E-state index contributed by atoms with van der Waals surface area (Å²) in [4.78, 5) is 11.8. The summed E-state index contributed by atoms with van der Waals surface area (Å²) in [5.41, 5.74) is -0.785. The van der Waals surface area contributed by atoms with Gasteiger partial charge < -0.3 is 13.8 Å². The highest BCUT2D eigenvalue weighted by Gasteiger charge is 2.42. The van der Waals surface area contributed by atoms with Crippen LogP contribution in [0.25, 0.3) is 0 Å². The van der Waals surface area contributed by atoms with Crippen LogP contribution in [0.1, 0.15) is 58.8 Å². The van der Waals surface area contributed by atoms with Gasteiger partial charge in [-0.05, 0) is 39.5 Å². The third kappa shape index (κ3) is 6.57. The van der Waals surface area contributed by atoms with Crippen molar-refractivity contribution in [1.82, 2.24) is 0 Å². The van der Waals surface area contributed by atoms with Crippen molar-refractivity contribution in [1.29, 1.82) is 0 Å². The quantitative estimate of drug-likeness (QED) is 0.364. The zero-order valence-corrected chi connectivity index (χ0v) is 15.3. The highest BCUT2D eigenvalue weighted by molar-refractivity contribution is 7.53. The molecule has 0 aliphatic heterocycles. The molecule has 0 bridgehead atoms. The van der Waals surface area contributed by atoms with Crippen LogP contribution in [0.15, 0.2) is 0 Å². The Hall–Kier alpha value is -0.0900. The molecule has 0 saturated heterocycles. The lowest BCUT2D eigenvalue weighted by Crippen LogP contribution is -2.40. The van der Waals surface area contributed by atoms with Crippen molar-refractivity contribution in [3.63, 3.8) is 0 Å². The smallest absolute Gasteiger partial charge is 0.334 e. The second-order valence-corrected chi connectivity index (χ2v) is 7.98. The van der Waals surface area contributed by atoms with Crippen LogP contribution in [0.5, 0.6) is 0 Å². The highest BCUT2D eigenvalue weighted by atomic mass is 35.5. The van der Waals surface area contributed by atoms with E-state index >= 15 is 0 Å². The fourth-order valence-corrected chi connectivity index (χ4v) is 5.17. The third-order valence-electron chi connectivity index (χ3n) is 3.84. The summed E-state index contributed by atoms with van der Waals surface area (Å²) in [7, 11) is -3.27. The first-order valence-electron chi connectivity index (χ1n) is 8.15. The molecule has 0 spiro atoms. The zero-order valence-electron chi connectivity index (χ0n) is 13.6. The van der Waals surface area contributed by atoms with E-state index in [1.807, 2.05) is 0 Å². The fourth-order valence-electron chi connectivity index (χ4n) is 2.99. The van der Waals surface area contributed by atoms with Crippen molar-refractivity contribution in [3.8, 4) is 0 Å². The molecule has 7 heteroatoms. The molecular formula is C15H28ClO5P. The van der Waals surface area contributed by atoms with Crippen LogP contribution in [0.4, 0.5) is 0 Å². The second kappa shape index (κ2) is 9.92. The number of rotatable bonds is 8. The molecule has 1 rings (SSSR count). The number of alkyl halides is 1. The first-order valence-corrected chi connectivity index (χ1v) is 10.4. The lowest BCUT2D eigenvalue weighted by molar-refractivity contribution is -0.156. The maximum Gasteiger partial charge on any atom is 0.334 e.